The molecule has 0 aromatic heterocycles. The Kier molecular flexibility index (Phi) is 5.01. The Morgan fingerprint density at radius 3 is 2.75 bits per heavy atom. The molecule has 1 amide bonds. The normalized spacial score (nSPS) is 19.9. The Hall–Kier alpha value is -1.55. The Morgan fingerprint density at radius 1 is 1.45 bits per heavy atom. The van der Waals surface area contributed by atoms with Crippen molar-refractivity contribution in [3.8, 4) is 5.75 Å². The molecule has 4 nitrogen and oxygen atoms in total. The molecule has 4 heteroatoms. The Bertz CT molecular complexity index is 442. The van der Waals surface area contributed by atoms with Gasteiger partial charge in [-0.25, -0.2) is 0 Å². The molecule has 1 aliphatic rings. The second kappa shape index (κ2) is 6.75. The quantitative estimate of drug-likeness (QED) is 0.896. The summed E-state index contributed by atoms with van der Waals surface area (Å²) in [5, 5.41) is 0. The van der Waals surface area contributed by atoms with Crippen LogP contribution in [0.2, 0.25) is 0 Å². The molecule has 1 saturated heterocycles. The lowest BCUT2D eigenvalue weighted by atomic mass is 9.98. The summed E-state index contributed by atoms with van der Waals surface area (Å²) in [4.78, 5) is 14.0. The molecule has 2 rings (SSSR count). The minimum Gasteiger partial charge on any atom is -0.497 e. The second-order valence-corrected chi connectivity index (χ2v) is 5.61. The lowest BCUT2D eigenvalue weighted by Crippen LogP contribution is -2.29. The molecule has 0 saturated carbocycles. The number of hydrogen-bond acceptors (Lipinski definition) is 3. The number of ether oxygens (including phenoxy) is 1. The first kappa shape index (κ1) is 14.9. The smallest absolute Gasteiger partial charge is 0.222 e. The van der Waals surface area contributed by atoms with Crippen molar-refractivity contribution in [2.45, 2.75) is 38.1 Å². The van der Waals surface area contributed by atoms with Crippen molar-refractivity contribution in [3.63, 3.8) is 0 Å². The van der Waals surface area contributed by atoms with E-state index in [4.69, 9.17) is 10.5 Å². The molecule has 1 aliphatic heterocycles. The van der Waals surface area contributed by atoms with Gasteiger partial charge in [-0.15, -0.1) is 0 Å². The molecule has 2 unspecified atom stereocenters. The van der Waals surface area contributed by atoms with Crippen LogP contribution < -0.4 is 10.5 Å². The molecule has 0 spiro atoms. The average Bonchev–Trinajstić information content (AvgIpc) is 2.94. The average molecular weight is 276 g/mol. The van der Waals surface area contributed by atoms with Crippen LogP contribution in [0.25, 0.3) is 0 Å². The fourth-order valence-electron chi connectivity index (χ4n) is 2.64. The summed E-state index contributed by atoms with van der Waals surface area (Å²) in [6.45, 7) is 3.62. The molecular formula is C16H24N2O2. The fourth-order valence-corrected chi connectivity index (χ4v) is 2.64. The molecule has 110 valence electrons. The first-order chi connectivity index (χ1) is 9.60. The summed E-state index contributed by atoms with van der Waals surface area (Å²) in [7, 11) is 1.67. The van der Waals surface area contributed by atoms with Crippen LogP contribution in [-0.4, -0.2) is 37.0 Å². The first-order valence-electron chi connectivity index (χ1n) is 7.27. The fraction of sp³-hybridized carbons (Fsp3) is 0.562. The van der Waals surface area contributed by atoms with Crippen molar-refractivity contribution in [2.75, 3.05) is 20.2 Å². The van der Waals surface area contributed by atoms with E-state index in [-0.39, 0.29) is 11.9 Å². The van der Waals surface area contributed by atoms with E-state index in [0.29, 0.717) is 12.3 Å². The summed E-state index contributed by atoms with van der Waals surface area (Å²) in [5.74, 6) is 1.55. The van der Waals surface area contributed by atoms with Gasteiger partial charge < -0.3 is 15.4 Å². The summed E-state index contributed by atoms with van der Waals surface area (Å²) in [6.07, 6.45) is 2.37. The van der Waals surface area contributed by atoms with Crippen LogP contribution in [0.3, 0.4) is 0 Å². The van der Waals surface area contributed by atoms with Crippen LogP contribution in [0, 0.1) is 0 Å². The number of nitrogens with two attached hydrogens (primary N) is 1. The Labute approximate surface area is 120 Å². The minimum absolute atomic E-state index is 0.0962. The van der Waals surface area contributed by atoms with E-state index in [1.165, 1.54) is 5.56 Å². The van der Waals surface area contributed by atoms with Gasteiger partial charge in [-0.3, -0.25) is 4.79 Å². The van der Waals surface area contributed by atoms with Crippen molar-refractivity contribution < 1.29 is 9.53 Å². The molecule has 2 atom stereocenters. The molecule has 0 bridgehead atoms. The third-order valence-electron chi connectivity index (χ3n) is 3.94. The van der Waals surface area contributed by atoms with Gasteiger partial charge in [-0.2, -0.15) is 0 Å². The maximum atomic E-state index is 12.1. The highest BCUT2D eigenvalue weighted by Gasteiger charge is 2.26. The van der Waals surface area contributed by atoms with E-state index in [1.54, 1.807) is 7.11 Å². The standard InChI is InChI=1S/C16H24N2O2/c1-12(17)3-8-16(19)18-10-9-14(11-18)13-4-6-15(20-2)7-5-13/h4-7,12,14H,3,8-11,17H2,1-2H3. The second-order valence-electron chi connectivity index (χ2n) is 5.61. The van der Waals surface area contributed by atoms with E-state index < -0.39 is 0 Å². The van der Waals surface area contributed by atoms with Crippen molar-refractivity contribution in [1.82, 2.24) is 4.90 Å². The van der Waals surface area contributed by atoms with Gasteiger partial charge in [0.2, 0.25) is 5.91 Å². The third kappa shape index (κ3) is 3.73. The van der Waals surface area contributed by atoms with Crippen molar-refractivity contribution in [3.05, 3.63) is 29.8 Å². The van der Waals surface area contributed by atoms with Gasteiger partial charge in [0.05, 0.1) is 7.11 Å². The predicted octanol–water partition coefficient (Wildman–Crippen LogP) is 2.14. The molecule has 1 heterocycles. The summed E-state index contributed by atoms with van der Waals surface area (Å²) < 4.78 is 5.17. The monoisotopic (exact) mass is 276 g/mol. The highest BCUT2D eigenvalue weighted by atomic mass is 16.5. The lowest BCUT2D eigenvalue weighted by Gasteiger charge is -2.17. The highest BCUT2D eigenvalue weighted by molar-refractivity contribution is 5.76. The molecule has 1 aromatic carbocycles. The highest BCUT2D eigenvalue weighted by Crippen LogP contribution is 2.28. The molecule has 0 radical (unpaired) electrons. The van der Waals surface area contributed by atoms with E-state index in [2.05, 4.69) is 12.1 Å². The number of nitrogens with zero attached hydrogens (tertiary/aromatic N) is 1. The number of likely N-dealkylation sites (tertiary alicyclic amines) is 1. The maximum absolute atomic E-state index is 12.1. The molecule has 1 fully saturated rings. The van der Waals surface area contributed by atoms with Crippen molar-refractivity contribution in [2.24, 2.45) is 5.73 Å². The van der Waals surface area contributed by atoms with Crippen molar-refractivity contribution in [1.29, 1.82) is 0 Å². The van der Waals surface area contributed by atoms with Gasteiger partial charge in [0.15, 0.2) is 0 Å². The largest absolute Gasteiger partial charge is 0.497 e. The van der Waals surface area contributed by atoms with Crippen LogP contribution in [-0.2, 0) is 4.79 Å². The van der Waals surface area contributed by atoms with Gasteiger partial charge in [0.1, 0.15) is 5.75 Å². The third-order valence-corrected chi connectivity index (χ3v) is 3.94. The zero-order chi connectivity index (χ0) is 14.5. The molecule has 1 aromatic rings. The van der Waals surface area contributed by atoms with Gasteiger partial charge in [0, 0.05) is 31.5 Å². The number of rotatable bonds is 5. The van der Waals surface area contributed by atoms with Crippen LogP contribution >= 0.6 is 0 Å². The van der Waals surface area contributed by atoms with E-state index in [0.717, 1.165) is 31.7 Å². The Balaban J connectivity index is 1.89. The SMILES string of the molecule is COc1ccc(C2CCN(C(=O)CCC(C)N)C2)cc1. The number of hydrogen-bond donors (Lipinski definition) is 1. The molecule has 2 N–H and O–H groups in total. The van der Waals surface area contributed by atoms with Gasteiger partial charge in [-0.1, -0.05) is 12.1 Å². The summed E-state index contributed by atoms with van der Waals surface area (Å²) >= 11 is 0. The van der Waals surface area contributed by atoms with Crippen molar-refractivity contribution >= 4 is 5.91 Å². The topological polar surface area (TPSA) is 55.6 Å². The van der Waals surface area contributed by atoms with Crippen LogP contribution in [0.5, 0.6) is 5.75 Å². The van der Waals surface area contributed by atoms with E-state index in [9.17, 15) is 4.79 Å². The van der Waals surface area contributed by atoms with Gasteiger partial charge >= 0.3 is 0 Å². The number of carbonyl (C=O) groups is 1. The van der Waals surface area contributed by atoms with Gasteiger partial charge in [-0.05, 0) is 37.5 Å². The summed E-state index contributed by atoms with van der Waals surface area (Å²) in [6, 6.07) is 8.25. The zero-order valence-electron chi connectivity index (χ0n) is 12.3. The number of carbonyl (C=O) groups excluding carboxylic acids is 1. The van der Waals surface area contributed by atoms with Gasteiger partial charge in [0.25, 0.3) is 0 Å². The van der Waals surface area contributed by atoms with Crippen LogP contribution in [0.15, 0.2) is 24.3 Å². The number of benzene rings is 1. The minimum atomic E-state index is 0.0962. The Morgan fingerprint density at radius 2 is 2.15 bits per heavy atom. The number of methoxy groups -OCH3 is 1. The first-order valence-corrected chi connectivity index (χ1v) is 7.27. The summed E-state index contributed by atoms with van der Waals surface area (Å²) in [5.41, 5.74) is 6.99. The molecule has 0 aliphatic carbocycles. The zero-order valence-corrected chi connectivity index (χ0v) is 12.3. The lowest BCUT2D eigenvalue weighted by molar-refractivity contribution is -0.130. The van der Waals surface area contributed by atoms with Crippen LogP contribution in [0.1, 0.15) is 37.7 Å². The molecule has 20 heavy (non-hydrogen) atoms. The van der Waals surface area contributed by atoms with Crippen LogP contribution in [0.4, 0.5) is 0 Å². The van der Waals surface area contributed by atoms with E-state index in [1.807, 2.05) is 24.0 Å². The molecular weight excluding hydrogens is 252 g/mol. The predicted molar refractivity (Wildman–Crippen MR) is 79.8 cm³/mol. The van der Waals surface area contributed by atoms with E-state index >= 15 is 0 Å². The maximum Gasteiger partial charge on any atom is 0.222 e. The number of amides is 1.